The van der Waals surface area contributed by atoms with E-state index < -0.39 is 0 Å². The Morgan fingerprint density at radius 1 is 1.47 bits per heavy atom. The molecule has 0 spiro atoms. The van der Waals surface area contributed by atoms with Crippen LogP contribution in [0.3, 0.4) is 0 Å². The number of ether oxygens (including phenoxy) is 1. The second-order valence-electron chi connectivity index (χ2n) is 5.14. The van der Waals surface area contributed by atoms with Gasteiger partial charge in [-0.3, -0.25) is 4.79 Å². The van der Waals surface area contributed by atoms with Crippen molar-refractivity contribution < 1.29 is 9.53 Å². The van der Waals surface area contributed by atoms with Gasteiger partial charge in [-0.2, -0.15) is 5.26 Å². The molecule has 1 saturated heterocycles. The third-order valence-corrected chi connectivity index (χ3v) is 3.73. The van der Waals surface area contributed by atoms with Crippen molar-refractivity contribution in [3.05, 3.63) is 29.3 Å². The van der Waals surface area contributed by atoms with Crippen molar-refractivity contribution >= 4 is 11.7 Å². The summed E-state index contributed by atoms with van der Waals surface area (Å²) in [5, 5.41) is 9.22. The van der Waals surface area contributed by atoms with E-state index in [2.05, 4.69) is 11.0 Å². The molecule has 1 heterocycles. The Kier molecular flexibility index (Phi) is 3.75. The molecular formula is C15H18N2O2. The zero-order valence-electron chi connectivity index (χ0n) is 11.5. The summed E-state index contributed by atoms with van der Waals surface area (Å²) in [6.45, 7) is 5.40. The van der Waals surface area contributed by atoms with Gasteiger partial charge < -0.3 is 9.64 Å². The smallest absolute Gasteiger partial charge is 0.310 e. The van der Waals surface area contributed by atoms with E-state index in [0.29, 0.717) is 12.1 Å². The molecule has 2 rings (SSSR count). The van der Waals surface area contributed by atoms with Gasteiger partial charge in [-0.05, 0) is 30.5 Å². The van der Waals surface area contributed by atoms with E-state index in [1.165, 1.54) is 7.11 Å². The van der Waals surface area contributed by atoms with Crippen LogP contribution in [-0.2, 0) is 9.53 Å². The van der Waals surface area contributed by atoms with Crippen LogP contribution in [-0.4, -0.2) is 26.2 Å². The van der Waals surface area contributed by atoms with Gasteiger partial charge in [-0.15, -0.1) is 0 Å². The molecule has 1 fully saturated rings. The van der Waals surface area contributed by atoms with E-state index in [-0.39, 0.29) is 17.8 Å². The minimum absolute atomic E-state index is 0.113. The average molecular weight is 258 g/mol. The Morgan fingerprint density at radius 3 is 2.84 bits per heavy atom. The molecule has 4 nitrogen and oxygen atoms in total. The number of benzene rings is 1. The van der Waals surface area contributed by atoms with Gasteiger partial charge >= 0.3 is 5.97 Å². The first-order chi connectivity index (χ1) is 9.06. The second kappa shape index (κ2) is 5.31. The highest BCUT2D eigenvalue weighted by Gasteiger charge is 2.36. The largest absolute Gasteiger partial charge is 0.469 e. The highest BCUT2D eigenvalue weighted by atomic mass is 16.5. The molecule has 0 aliphatic carbocycles. The van der Waals surface area contributed by atoms with Crippen LogP contribution in [0, 0.1) is 30.1 Å². The lowest BCUT2D eigenvalue weighted by atomic mass is 9.99. The van der Waals surface area contributed by atoms with Crippen molar-refractivity contribution in [3.8, 4) is 6.07 Å². The number of aryl methyl sites for hydroxylation is 1. The zero-order chi connectivity index (χ0) is 14.0. The van der Waals surface area contributed by atoms with Gasteiger partial charge in [0.05, 0.1) is 24.3 Å². The highest BCUT2D eigenvalue weighted by molar-refractivity contribution is 5.75. The molecule has 0 saturated carbocycles. The molecule has 0 aromatic heterocycles. The standard InChI is InChI=1S/C15H18N2O2/c1-10-4-5-14(12(6-10)7-16)17-8-11(2)13(9-17)15(18)19-3/h4-6,11,13H,8-9H2,1-3H3. The summed E-state index contributed by atoms with van der Waals surface area (Å²) in [7, 11) is 1.42. The van der Waals surface area contributed by atoms with Gasteiger partial charge in [0.1, 0.15) is 6.07 Å². The van der Waals surface area contributed by atoms with E-state index in [0.717, 1.165) is 17.8 Å². The quantitative estimate of drug-likeness (QED) is 0.762. The molecule has 0 bridgehead atoms. The summed E-state index contributed by atoms with van der Waals surface area (Å²) in [5.74, 6) is -0.0428. The average Bonchev–Trinajstić information content (AvgIpc) is 2.79. The minimum Gasteiger partial charge on any atom is -0.469 e. The third kappa shape index (κ3) is 2.55. The minimum atomic E-state index is -0.166. The molecule has 100 valence electrons. The molecule has 4 heteroatoms. The normalized spacial score (nSPS) is 22.1. The van der Waals surface area contributed by atoms with Crippen LogP contribution in [0.1, 0.15) is 18.1 Å². The summed E-state index contributed by atoms with van der Waals surface area (Å²) in [6, 6.07) is 8.06. The van der Waals surface area contributed by atoms with Gasteiger partial charge in [0, 0.05) is 13.1 Å². The fraction of sp³-hybridized carbons (Fsp3) is 0.467. The van der Waals surface area contributed by atoms with Crippen molar-refractivity contribution in [3.63, 3.8) is 0 Å². The Labute approximate surface area is 113 Å². The molecule has 0 amide bonds. The maximum Gasteiger partial charge on any atom is 0.310 e. The van der Waals surface area contributed by atoms with E-state index in [9.17, 15) is 10.1 Å². The van der Waals surface area contributed by atoms with E-state index >= 15 is 0 Å². The molecule has 1 aromatic rings. The fourth-order valence-corrected chi connectivity index (χ4v) is 2.64. The first-order valence-electron chi connectivity index (χ1n) is 6.40. The van der Waals surface area contributed by atoms with Crippen LogP contribution < -0.4 is 4.90 Å². The Morgan fingerprint density at radius 2 is 2.21 bits per heavy atom. The van der Waals surface area contributed by atoms with Crippen LogP contribution in [0.15, 0.2) is 18.2 Å². The first kappa shape index (κ1) is 13.4. The summed E-state index contributed by atoms with van der Waals surface area (Å²) >= 11 is 0. The maximum atomic E-state index is 11.7. The summed E-state index contributed by atoms with van der Waals surface area (Å²) in [5.41, 5.74) is 2.64. The predicted octanol–water partition coefficient (Wildman–Crippen LogP) is 2.11. The second-order valence-corrected chi connectivity index (χ2v) is 5.14. The van der Waals surface area contributed by atoms with Crippen molar-refractivity contribution in [2.24, 2.45) is 11.8 Å². The lowest BCUT2D eigenvalue weighted by Gasteiger charge is -2.20. The number of carbonyl (C=O) groups excluding carboxylic acids is 1. The van der Waals surface area contributed by atoms with Crippen molar-refractivity contribution in [2.75, 3.05) is 25.1 Å². The van der Waals surface area contributed by atoms with E-state index in [4.69, 9.17) is 4.74 Å². The summed E-state index contributed by atoms with van der Waals surface area (Å²) < 4.78 is 4.83. The van der Waals surface area contributed by atoms with Gasteiger partial charge in [-0.25, -0.2) is 0 Å². The number of methoxy groups -OCH3 is 1. The van der Waals surface area contributed by atoms with Crippen LogP contribution in [0.2, 0.25) is 0 Å². The third-order valence-electron chi connectivity index (χ3n) is 3.73. The number of hydrogen-bond donors (Lipinski definition) is 0. The van der Waals surface area contributed by atoms with Gasteiger partial charge in [0.2, 0.25) is 0 Å². The maximum absolute atomic E-state index is 11.7. The first-order valence-corrected chi connectivity index (χ1v) is 6.40. The van der Waals surface area contributed by atoms with Crippen LogP contribution in [0.25, 0.3) is 0 Å². The topological polar surface area (TPSA) is 53.3 Å². The van der Waals surface area contributed by atoms with Crippen molar-refractivity contribution in [1.29, 1.82) is 5.26 Å². The number of anilines is 1. The van der Waals surface area contributed by atoms with Crippen molar-refractivity contribution in [2.45, 2.75) is 13.8 Å². The SMILES string of the molecule is COC(=O)C1CN(c2ccc(C)cc2C#N)CC1C. The number of carbonyl (C=O) groups is 1. The van der Waals surface area contributed by atoms with Gasteiger partial charge in [0.25, 0.3) is 0 Å². The number of esters is 1. The Balaban J connectivity index is 2.26. The van der Waals surface area contributed by atoms with Crippen LogP contribution in [0.4, 0.5) is 5.69 Å². The number of rotatable bonds is 2. The van der Waals surface area contributed by atoms with Crippen LogP contribution >= 0.6 is 0 Å². The Hall–Kier alpha value is -2.02. The monoisotopic (exact) mass is 258 g/mol. The molecular weight excluding hydrogens is 240 g/mol. The number of nitrogens with zero attached hydrogens (tertiary/aromatic N) is 2. The summed E-state index contributed by atoms with van der Waals surface area (Å²) in [6.07, 6.45) is 0. The molecule has 1 aliphatic rings. The van der Waals surface area contributed by atoms with Gasteiger partial charge in [-0.1, -0.05) is 13.0 Å². The highest BCUT2D eigenvalue weighted by Crippen LogP contribution is 2.31. The lowest BCUT2D eigenvalue weighted by Crippen LogP contribution is -2.24. The van der Waals surface area contributed by atoms with E-state index in [1.807, 2.05) is 32.0 Å². The molecule has 2 unspecified atom stereocenters. The van der Waals surface area contributed by atoms with Crippen molar-refractivity contribution in [1.82, 2.24) is 0 Å². The van der Waals surface area contributed by atoms with Gasteiger partial charge in [0.15, 0.2) is 0 Å². The fourth-order valence-electron chi connectivity index (χ4n) is 2.64. The molecule has 0 radical (unpaired) electrons. The van der Waals surface area contributed by atoms with Crippen LogP contribution in [0.5, 0.6) is 0 Å². The number of hydrogen-bond acceptors (Lipinski definition) is 4. The predicted molar refractivity (Wildman–Crippen MR) is 72.8 cm³/mol. The lowest BCUT2D eigenvalue weighted by molar-refractivity contribution is -0.145. The molecule has 0 N–H and O–H groups in total. The van der Waals surface area contributed by atoms with E-state index in [1.54, 1.807) is 0 Å². The summed E-state index contributed by atoms with van der Waals surface area (Å²) in [4.78, 5) is 13.8. The molecule has 1 aliphatic heterocycles. The molecule has 1 aromatic carbocycles. The molecule has 19 heavy (non-hydrogen) atoms. The zero-order valence-corrected chi connectivity index (χ0v) is 11.5. The molecule has 2 atom stereocenters. The number of nitriles is 1. The Bertz CT molecular complexity index is 533.